The Balaban J connectivity index is 2.35. The molecule has 0 unspecified atom stereocenters. The predicted octanol–water partition coefficient (Wildman–Crippen LogP) is 2.02. The maximum absolute atomic E-state index is 11.7. The van der Waals surface area contributed by atoms with Crippen LogP contribution in [-0.2, 0) is 0 Å². The number of carbonyl (C=O) groups excluding carboxylic acids is 1. The summed E-state index contributed by atoms with van der Waals surface area (Å²) in [5.41, 5.74) is 0.719. The van der Waals surface area contributed by atoms with E-state index in [9.17, 15) is 4.79 Å². The van der Waals surface area contributed by atoms with Crippen LogP contribution in [0.3, 0.4) is 0 Å². The second kappa shape index (κ2) is 6.85. The van der Waals surface area contributed by atoms with Crippen LogP contribution in [0.5, 0.6) is 0 Å². The molecule has 16 heavy (non-hydrogen) atoms. The molecule has 0 heterocycles. The molecular weight excluding hydrogens is 315 g/mol. The minimum atomic E-state index is -0.0101. The summed E-state index contributed by atoms with van der Waals surface area (Å²) in [7, 11) is 0. The van der Waals surface area contributed by atoms with E-state index in [2.05, 4.69) is 47.1 Å². The van der Waals surface area contributed by atoms with Crippen molar-refractivity contribution in [1.82, 2.24) is 10.6 Å². The Labute approximate surface area is 110 Å². The van der Waals surface area contributed by atoms with Gasteiger partial charge in [0, 0.05) is 28.3 Å². The molecule has 0 aromatic heterocycles. The van der Waals surface area contributed by atoms with Gasteiger partial charge in [-0.3, -0.25) is 4.79 Å². The zero-order valence-electron chi connectivity index (χ0n) is 9.59. The molecule has 0 saturated carbocycles. The summed E-state index contributed by atoms with van der Waals surface area (Å²) in [5, 5.41) is 6.12. The number of halogens is 1. The fourth-order valence-electron chi connectivity index (χ4n) is 1.27. The number of nitrogens with one attached hydrogen (secondary N) is 2. The average molecular weight is 332 g/mol. The molecule has 4 heteroatoms. The zero-order valence-corrected chi connectivity index (χ0v) is 11.7. The molecule has 88 valence electrons. The Morgan fingerprint density at radius 2 is 2.12 bits per heavy atom. The lowest BCUT2D eigenvalue weighted by atomic mass is 10.2. The summed E-state index contributed by atoms with van der Waals surface area (Å²) in [5.74, 6) is -0.0101. The van der Waals surface area contributed by atoms with E-state index in [1.807, 2.05) is 24.3 Å². The molecule has 0 atom stereocenters. The molecule has 3 nitrogen and oxygen atoms in total. The highest BCUT2D eigenvalue weighted by Gasteiger charge is 2.04. The second-order valence-corrected chi connectivity index (χ2v) is 5.12. The summed E-state index contributed by atoms with van der Waals surface area (Å²) in [4.78, 5) is 11.7. The molecular formula is C12H17IN2O. The van der Waals surface area contributed by atoms with Gasteiger partial charge in [0.1, 0.15) is 0 Å². The monoisotopic (exact) mass is 332 g/mol. The van der Waals surface area contributed by atoms with Gasteiger partial charge in [-0.25, -0.2) is 0 Å². The number of benzene rings is 1. The lowest BCUT2D eigenvalue weighted by molar-refractivity contribution is 0.0953. The molecule has 0 bridgehead atoms. The molecule has 0 fully saturated rings. The summed E-state index contributed by atoms with van der Waals surface area (Å²) in [6.07, 6.45) is 0. The van der Waals surface area contributed by atoms with Gasteiger partial charge < -0.3 is 10.6 Å². The number of hydrogen-bond donors (Lipinski definition) is 2. The van der Waals surface area contributed by atoms with E-state index in [-0.39, 0.29) is 5.91 Å². The van der Waals surface area contributed by atoms with E-state index < -0.39 is 0 Å². The van der Waals surface area contributed by atoms with Gasteiger partial charge in [-0.1, -0.05) is 19.9 Å². The predicted molar refractivity (Wildman–Crippen MR) is 74.6 cm³/mol. The zero-order chi connectivity index (χ0) is 12.0. The second-order valence-electron chi connectivity index (χ2n) is 3.88. The van der Waals surface area contributed by atoms with E-state index in [4.69, 9.17) is 0 Å². The third-order valence-corrected chi connectivity index (χ3v) is 2.72. The number of carbonyl (C=O) groups is 1. The molecule has 1 aromatic rings. The van der Waals surface area contributed by atoms with Gasteiger partial charge in [0.15, 0.2) is 0 Å². The largest absolute Gasteiger partial charge is 0.351 e. The first-order valence-electron chi connectivity index (χ1n) is 5.36. The summed E-state index contributed by atoms with van der Waals surface area (Å²) < 4.78 is 1.07. The molecule has 2 N–H and O–H groups in total. The van der Waals surface area contributed by atoms with Crippen LogP contribution in [0.25, 0.3) is 0 Å². The summed E-state index contributed by atoms with van der Waals surface area (Å²) >= 11 is 2.20. The molecule has 0 aliphatic carbocycles. The number of amides is 1. The van der Waals surface area contributed by atoms with Crippen molar-refractivity contribution >= 4 is 28.5 Å². The van der Waals surface area contributed by atoms with Gasteiger partial charge in [0.25, 0.3) is 5.91 Å². The normalized spacial score (nSPS) is 10.5. The fourth-order valence-corrected chi connectivity index (χ4v) is 1.81. The molecule has 0 spiro atoms. The van der Waals surface area contributed by atoms with Gasteiger partial charge >= 0.3 is 0 Å². The summed E-state index contributed by atoms with van der Waals surface area (Å²) in [6, 6.07) is 8.02. The maximum atomic E-state index is 11.7. The highest BCUT2D eigenvalue weighted by molar-refractivity contribution is 14.1. The van der Waals surface area contributed by atoms with Crippen molar-refractivity contribution in [2.24, 2.45) is 0 Å². The van der Waals surface area contributed by atoms with Crippen molar-refractivity contribution in [2.75, 3.05) is 13.1 Å². The Morgan fingerprint density at radius 1 is 1.38 bits per heavy atom. The Bertz CT molecular complexity index is 353. The van der Waals surface area contributed by atoms with Gasteiger partial charge in [-0.2, -0.15) is 0 Å². The van der Waals surface area contributed by atoms with Crippen molar-refractivity contribution in [3.05, 3.63) is 33.4 Å². The first-order valence-corrected chi connectivity index (χ1v) is 6.44. The molecule has 1 aromatic carbocycles. The standard InChI is InChI=1S/C12H17IN2O/c1-9(2)14-6-7-15-12(16)10-4-3-5-11(13)8-10/h3-5,8-9,14H,6-7H2,1-2H3,(H,15,16). The highest BCUT2D eigenvalue weighted by Crippen LogP contribution is 2.07. The molecule has 0 aliphatic rings. The third-order valence-electron chi connectivity index (χ3n) is 2.05. The highest BCUT2D eigenvalue weighted by atomic mass is 127. The quantitative estimate of drug-likeness (QED) is 0.640. The minimum Gasteiger partial charge on any atom is -0.351 e. The van der Waals surface area contributed by atoms with Crippen LogP contribution in [-0.4, -0.2) is 25.0 Å². The van der Waals surface area contributed by atoms with Gasteiger partial charge in [0.05, 0.1) is 0 Å². The van der Waals surface area contributed by atoms with Crippen molar-refractivity contribution < 1.29 is 4.79 Å². The van der Waals surface area contributed by atoms with Crippen molar-refractivity contribution in [2.45, 2.75) is 19.9 Å². The van der Waals surface area contributed by atoms with E-state index in [1.54, 1.807) is 0 Å². The van der Waals surface area contributed by atoms with Crippen molar-refractivity contribution in [3.8, 4) is 0 Å². The van der Waals surface area contributed by atoms with Crippen LogP contribution in [0.4, 0.5) is 0 Å². The van der Waals surface area contributed by atoms with Crippen molar-refractivity contribution in [3.63, 3.8) is 0 Å². The maximum Gasteiger partial charge on any atom is 0.251 e. The Morgan fingerprint density at radius 3 is 2.75 bits per heavy atom. The van der Waals surface area contributed by atoms with Crippen LogP contribution in [0.15, 0.2) is 24.3 Å². The first kappa shape index (κ1) is 13.4. The first-order chi connectivity index (χ1) is 7.59. The Kier molecular flexibility index (Phi) is 5.76. The molecule has 1 amide bonds. The van der Waals surface area contributed by atoms with Crippen molar-refractivity contribution in [1.29, 1.82) is 0 Å². The lowest BCUT2D eigenvalue weighted by Gasteiger charge is -2.09. The van der Waals surface area contributed by atoms with Crippen LogP contribution in [0.2, 0.25) is 0 Å². The van der Waals surface area contributed by atoms with E-state index >= 15 is 0 Å². The molecule has 0 saturated heterocycles. The average Bonchev–Trinajstić information content (AvgIpc) is 2.24. The van der Waals surface area contributed by atoms with Crippen LogP contribution in [0, 0.1) is 3.57 Å². The SMILES string of the molecule is CC(C)NCCNC(=O)c1cccc(I)c1. The number of rotatable bonds is 5. The van der Waals surface area contributed by atoms with Crippen LogP contribution < -0.4 is 10.6 Å². The van der Waals surface area contributed by atoms with E-state index in [0.717, 1.165) is 15.7 Å². The minimum absolute atomic E-state index is 0.0101. The smallest absolute Gasteiger partial charge is 0.251 e. The summed E-state index contributed by atoms with van der Waals surface area (Å²) in [6.45, 7) is 5.62. The van der Waals surface area contributed by atoms with E-state index in [0.29, 0.717) is 12.6 Å². The van der Waals surface area contributed by atoms with Crippen LogP contribution in [0.1, 0.15) is 24.2 Å². The fraction of sp³-hybridized carbons (Fsp3) is 0.417. The molecule has 1 rings (SSSR count). The number of hydrogen-bond acceptors (Lipinski definition) is 2. The van der Waals surface area contributed by atoms with Gasteiger partial charge in [-0.15, -0.1) is 0 Å². The van der Waals surface area contributed by atoms with Gasteiger partial charge in [-0.05, 0) is 40.8 Å². The van der Waals surface area contributed by atoms with E-state index in [1.165, 1.54) is 0 Å². The Hall–Kier alpha value is -0.620. The third kappa shape index (κ3) is 4.94. The van der Waals surface area contributed by atoms with Crippen LogP contribution >= 0.6 is 22.6 Å². The molecule has 0 aliphatic heterocycles. The topological polar surface area (TPSA) is 41.1 Å². The molecule has 0 radical (unpaired) electrons. The lowest BCUT2D eigenvalue weighted by Crippen LogP contribution is -2.34. The van der Waals surface area contributed by atoms with Gasteiger partial charge in [0.2, 0.25) is 0 Å².